The summed E-state index contributed by atoms with van der Waals surface area (Å²) < 4.78 is 22.0. The molecule has 2 aromatic rings. The summed E-state index contributed by atoms with van der Waals surface area (Å²) in [7, 11) is 6.26. The van der Waals surface area contributed by atoms with Gasteiger partial charge in [-0.1, -0.05) is 0 Å². The Labute approximate surface area is 158 Å². The highest BCUT2D eigenvalue weighted by Gasteiger charge is 2.27. The minimum Gasteiger partial charge on any atom is -0.504 e. The second-order valence-electron chi connectivity index (χ2n) is 6.34. The van der Waals surface area contributed by atoms with Gasteiger partial charge in [-0.2, -0.15) is 0 Å². The van der Waals surface area contributed by atoms with Crippen LogP contribution in [-0.4, -0.2) is 45.2 Å². The van der Waals surface area contributed by atoms with Crippen molar-refractivity contribution in [3.05, 3.63) is 34.9 Å². The number of nitrogens with one attached hydrogen (secondary N) is 1. The topological polar surface area (TPSA) is 89.4 Å². The highest BCUT2D eigenvalue weighted by Crippen LogP contribution is 2.48. The minimum atomic E-state index is -0.126. The Bertz CT molecular complexity index is 836. The predicted octanol–water partition coefficient (Wildman–Crippen LogP) is 2.56. The lowest BCUT2D eigenvalue weighted by atomic mass is 9.89. The van der Waals surface area contributed by atoms with Gasteiger partial charge < -0.3 is 34.5 Å². The fraction of sp³-hybridized carbons (Fsp3) is 0.400. The van der Waals surface area contributed by atoms with Crippen LogP contribution >= 0.6 is 0 Å². The number of phenolic OH excluding ortho intramolecular Hbond substituents is 2. The van der Waals surface area contributed by atoms with Gasteiger partial charge >= 0.3 is 0 Å². The quantitative estimate of drug-likeness (QED) is 0.669. The molecule has 146 valence electrons. The molecule has 27 heavy (non-hydrogen) atoms. The summed E-state index contributed by atoms with van der Waals surface area (Å²) in [6, 6.07) is 5.06. The number of fused-ring (bicyclic) bond motifs is 1. The van der Waals surface area contributed by atoms with E-state index >= 15 is 0 Å². The zero-order valence-electron chi connectivity index (χ0n) is 16.0. The van der Waals surface area contributed by atoms with Gasteiger partial charge in [0, 0.05) is 11.6 Å². The maximum atomic E-state index is 9.93. The summed E-state index contributed by atoms with van der Waals surface area (Å²) in [4.78, 5) is 0. The van der Waals surface area contributed by atoms with Gasteiger partial charge in [-0.3, -0.25) is 0 Å². The molecule has 0 bridgehead atoms. The fourth-order valence-electron chi connectivity index (χ4n) is 3.63. The van der Waals surface area contributed by atoms with E-state index < -0.39 is 0 Å². The number of rotatable bonds is 6. The van der Waals surface area contributed by atoms with Crippen LogP contribution < -0.4 is 24.3 Å². The van der Waals surface area contributed by atoms with Crippen LogP contribution in [0, 0.1) is 0 Å². The largest absolute Gasteiger partial charge is 0.504 e. The van der Waals surface area contributed by atoms with Gasteiger partial charge in [-0.25, -0.2) is 0 Å². The third kappa shape index (κ3) is 3.42. The molecule has 0 fully saturated rings. The fourth-order valence-corrected chi connectivity index (χ4v) is 3.63. The van der Waals surface area contributed by atoms with Crippen molar-refractivity contribution in [2.45, 2.75) is 18.9 Å². The number of benzene rings is 2. The Hall–Kier alpha value is -2.80. The van der Waals surface area contributed by atoms with Crippen LogP contribution in [0.15, 0.2) is 18.2 Å². The molecule has 3 N–H and O–H groups in total. The van der Waals surface area contributed by atoms with Crippen LogP contribution in [0.25, 0.3) is 0 Å². The van der Waals surface area contributed by atoms with Gasteiger partial charge in [0.05, 0.1) is 28.4 Å². The van der Waals surface area contributed by atoms with Gasteiger partial charge in [0.1, 0.15) is 0 Å². The second kappa shape index (κ2) is 7.84. The zero-order valence-corrected chi connectivity index (χ0v) is 16.0. The highest BCUT2D eigenvalue weighted by molar-refractivity contribution is 5.63. The Kier molecular flexibility index (Phi) is 5.51. The van der Waals surface area contributed by atoms with Crippen LogP contribution in [0.3, 0.4) is 0 Å². The van der Waals surface area contributed by atoms with Crippen LogP contribution in [0.4, 0.5) is 0 Å². The third-order valence-corrected chi connectivity index (χ3v) is 4.89. The molecule has 1 unspecified atom stereocenters. The second-order valence-corrected chi connectivity index (χ2v) is 6.34. The molecule has 0 radical (unpaired) electrons. The zero-order chi connectivity index (χ0) is 19.6. The summed E-state index contributed by atoms with van der Waals surface area (Å²) >= 11 is 0. The summed E-state index contributed by atoms with van der Waals surface area (Å²) in [5.74, 6) is 1.85. The van der Waals surface area contributed by atoms with Crippen molar-refractivity contribution in [2.75, 3.05) is 35.0 Å². The van der Waals surface area contributed by atoms with E-state index in [9.17, 15) is 10.2 Å². The third-order valence-electron chi connectivity index (χ3n) is 4.89. The van der Waals surface area contributed by atoms with Crippen molar-refractivity contribution in [1.82, 2.24) is 5.32 Å². The van der Waals surface area contributed by atoms with Crippen molar-refractivity contribution in [2.24, 2.45) is 0 Å². The molecule has 7 heteroatoms. The van der Waals surface area contributed by atoms with Crippen molar-refractivity contribution in [3.8, 4) is 34.5 Å². The van der Waals surface area contributed by atoms with E-state index in [1.54, 1.807) is 40.6 Å². The first-order chi connectivity index (χ1) is 13.0. The number of hydrogen-bond donors (Lipinski definition) is 3. The van der Waals surface area contributed by atoms with Crippen LogP contribution in [-0.2, 0) is 12.8 Å². The Balaban J connectivity index is 2.05. The molecule has 0 saturated carbocycles. The Morgan fingerprint density at radius 3 is 2.19 bits per heavy atom. The monoisotopic (exact) mass is 375 g/mol. The van der Waals surface area contributed by atoms with Crippen LogP contribution in [0.2, 0.25) is 0 Å². The number of ether oxygens (including phenoxy) is 4. The van der Waals surface area contributed by atoms with E-state index in [0.717, 1.165) is 29.7 Å². The van der Waals surface area contributed by atoms with E-state index in [0.29, 0.717) is 29.4 Å². The number of aromatic hydroxyl groups is 2. The van der Waals surface area contributed by atoms with Crippen molar-refractivity contribution in [3.63, 3.8) is 0 Å². The minimum absolute atomic E-state index is 0.0584. The molecule has 0 aliphatic carbocycles. The normalized spacial score (nSPS) is 15.8. The van der Waals surface area contributed by atoms with E-state index in [-0.39, 0.29) is 17.5 Å². The van der Waals surface area contributed by atoms with Crippen LogP contribution in [0.5, 0.6) is 34.5 Å². The van der Waals surface area contributed by atoms with Crippen molar-refractivity contribution >= 4 is 0 Å². The number of methoxy groups -OCH3 is 4. The molecule has 0 saturated heterocycles. The molecule has 7 nitrogen and oxygen atoms in total. The van der Waals surface area contributed by atoms with Gasteiger partial charge in [-0.15, -0.1) is 0 Å². The lowest BCUT2D eigenvalue weighted by molar-refractivity contribution is 0.302. The maximum Gasteiger partial charge on any atom is 0.207 e. The number of hydrogen-bond acceptors (Lipinski definition) is 7. The van der Waals surface area contributed by atoms with E-state index in [2.05, 4.69) is 5.32 Å². The van der Waals surface area contributed by atoms with Crippen molar-refractivity contribution < 1.29 is 29.2 Å². The smallest absolute Gasteiger partial charge is 0.207 e. The molecule has 1 atom stereocenters. The first-order valence-corrected chi connectivity index (χ1v) is 8.68. The first kappa shape index (κ1) is 19.0. The average molecular weight is 375 g/mol. The van der Waals surface area contributed by atoms with Gasteiger partial charge in [-0.05, 0) is 48.7 Å². The van der Waals surface area contributed by atoms with Gasteiger partial charge in [0.25, 0.3) is 0 Å². The van der Waals surface area contributed by atoms with Crippen LogP contribution in [0.1, 0.15) is 22.7 Å². The van der Waals surface area contributed by atoms with Gasteiger partial charge in [0.15, 0.2) is 23.0 Å². The standard InChI is InChI=1S/C20H25NO6/c1-24-17-9-12(18(25-2)20(27-4)19(17)26-3)7-14-13-10-16(23)15(22)8-11(13)5-6-21-14/h8-10,14,21-23H,5-7H2,1-4H3. The van der Waals surface area contributed by atoms with E-state index in [4.69, 9.17) is 18.9 Å². The summed E-state index contributed by atoms with van der Waals surface area (Å²) in [6.45, 7) is 0.772. The SMILES string of the molecule is COc1cc(CC2NCCc3cc(O)c(O)cc32)c(OC)c(OC)c1OC. The molecule has 1 aliphatic heterocycles. The molecule has 3 rings (SSSR count). The maximum absolute atomic E-state index is 9.93. The van der Waals surface area contributed by atoms with Crippen molar-refractivity contribution in [1.29, 1.82) is 0 Å². The summed E-state index contributed by atoms with van der Waals surface area (Å²) in [6.07, 6.45) is 1.36. The average Bonchev–Trinajstić information content (AvgIpc) is 2.68. The summed E-state index contributed by atoms with van der Waals surface area (Å²) in [5.41, 5.74) is 2.85. The molecule has 0 aromatic heterocycles. The molecule has 1 aliphatic rings. The molecule has 1 heterocycles. The molecule has 0 spiro atoms. The van der Waals surface area contributed by atoms with E-state index in [1.165, 1.54) is 0 Å². The van der Waals surface area contributed by atoms with Gasteiger partial charge in [0.2, 0.25) is 11.5 Å². The highest BCUT2D eigenvalue weighted by atomic mass is 16.5. The molecular weight excluding hydrogens is 350 g/mol. The Morgan fingerprint density at radius 2 is 1.56 bits per heavy atom. The first-order valence-electron chi connectivity index (χ1n) is 8.68. The number of phenols is 2. The summed E-state index contributed by atoms with van der Waals surface area (Å²) in [5, 5.41) is 23.2. The predicted molar refractivity (Wildman–Crippen MR) is 101 cm³/mol. The lowest BCUT2D eigenvalue weighted by Crippen LogP contribution is -2.31. The molecule has 0 amide bonds. The Morgan fingerprint density at radius 1 is 0.889 bits per heavy atom. The molecule has 2 aromatic carbocycles. The molecular formula is C20H25NO6. The van der Waals surface area contributed by atoms with E-state index in [1.807, 2.05) is 6.07 Å². The lowest BCUT2D eigenvalue weighted by Gasteiger charge is -2.28.